The fourth-order valence-electron chi connectivity index (χ4n) is 1.81. The Bertz CT molecular complexity index is 436. The Labute approximate surface area is 102 Å². The van der Waals surface area contributed by atoms with Crippen molar-refractivity contribution in [2.45, 2.75) is 19.3 Å². The third kappa shape index (κ3) is 3.59. The first-order chi connectivity index (χ1) is 8.38. The molecule has 0 fully saturated rings. The number of nitrogens with zero attached hydrogens (tertiary/aromatic N) is 1. The first kappa shape index (κ1) is 11.6. The van der Waals surface area contributed by atoms with Crippen LogP contribution in [0.4, 0.5) is 0 Å². The van der Waals surface area contributed by atoms with Crippen molar-refractivity contribution >= 4 is 0 Å². The Hall–Kier alpha value is -1.83. The number of methoxy groups -OCH3 is 1. The summed E-state index contributed by atoms with van der Waals surface area (Å²) in [6.45, 7) is 0. The SMILES string of the molecule is COc1ccc(CCCc2ccccn2)cc1. The van der Waals surface area contributed by atoms with E-state index < -0.39 is 0 Å². The number of benzene rings is 1. The fourth-order valence-corrected chi connectivity index (χ4v) is 1.81. The molecule has 2 nitrogen and oxygen atoms in total. The Morgan fingerprint density at radius 3 is 2.47 bits per heavy atom. The summed E-state index contributed by atoms with van der Waals surface area (Å²) in [7, 11) is 1.69. The third-order valence-electron chi connectivity index (χ3n) is 2.78. The average Bonchev–Trinajstić information content (AvgIpc) is 2.41. The maximum absolute atomic E-state index is 5.13. The lowest BCUT2D eigenvalue weighted by atomic mass is 10.1. The molecule has 2 rings (SSSR count). The summed E-state index contributed by atoms with van der Waals surface area (Å²) < 4.78 is 5.13. The molecule has 2 aromatic rings. The van der Waals surface area contributed by atoms with Crippen molar-refractivity contribution in [3.63, 3.8) is 0 Å². The van der Waals surface area contributed by atoms with Crippen LogP contribution in [0, 0.1) is 0 Å². The molecule has 1 heterocycles. The number of hydrogen-bond donors (Lipinski definition) is 0. The van der Waals surface area contributed by atoms with E-state index >= 15 is 0 Å². The summed E-state index contributed by atoms with van der Waals surface area (Å²) in [4.78, 5) is 4.32. The van der Waals surface area contributed by atoms with Gasteiger partial charge in [-0.25, -0.2) is 0 Å². The zero-order valence-corrected chi connectivity index (χ0v) is 10.1. The van der Waals surface area contributed by atoms with E-state index in [1.807, 2.05) is 30.5 Å². The molecule has 0 atom stereocenters. The van der Waals surface area contributed by atoms with Gasteiger partial charge in [0.2, 0.25) is 0 Å². The molecule has 0 aliphatic heterocycles. The highest BCUT2D eigenvalue weighted by molar-refractivity contribution is 5.27. The van der Waals surface area contributed by atoms with Crippen molar-refractivity contribution in [2.24, 2.45) is 0 Å². The molecule has 0 spiro atoms. The van der Waals surface area contributed by atoms with Crippen LogP contribution in [0.25, 0.3) is 0 Å². The minimum Gasteiger partial charge on any atom is -0.497 e. The Morgan fingerprint density at radius 1 is 1.00 bits per heavy atom. The smallest absolute Gasteiger partial charge is 0.118 e. The normalized spacial score (nSPS) is 10.2. The number of rotatable bonds is 5. The van der Waals surface area contributed by atoms with E-state index in [9.17, 15) is 0 Å². The van der Waals surface area contributed by atoms with Crippen LogP contribution in [0.3, 0.4) is 0 Å². The minimum atomic E-state index is 0.915. The summed E-state index contributed by atoms with van der Waals surface area (Å²) in [5.41, 5.74) is 2.52. The van der Waals surface area contributed by atoms with Gasteiger partial charge >= 0.3 is 0 Å². The standard InChI is InChI=1S/C15H17NO/c1-17-15-10-8-13(9-11-15)5-4-7-14-6-2-3-12-16-14/h2-3,6,8-12H,4-5,7H2,1H3. The van der Waals surface area contributed by atoms with E-state index in [1.54, 1.807) is 7.11 Å². The Kier molecular flexibility index (Phi) is 4.14. The number of aromatic nitrogens is 1. The molecule has 88 valence electrons. The van der Waals surface area contributed by atoms with Crippen molar-refractivity contribution in [3.05, 3.63) is 59.9 Å². The molecule has 0 aliphatic rings. The molecule has 17 heavy (non-hydrogen) atoms. The van der Waals surface area contributed by atoms with Gasteiger partial charge in [-0.3, -0.25) is 4.98 Å². The van der Waals surface area contributed by atoms with Crippen LogP contribution in [0.5, 0.6) is 5.75 Å². The van der Waals surface area contributed by atoms with E-state index in [4.69, 9.17) is 4.74 Å². The molecule has 0 unspecified atom stereocenters. The van der Waals surface area contributed by atoms with Gasteiger partial charge in [-0.15, -0.1) is 0 Å². The van der Waals surface area contributed by atoms with Gasteiger partial charge in [0.1, 0.15) is 5.75 Å². The third-order valence-corrected chi connectivity index (χ3v) is 2.78. The molecular formula is C15H17NO. The lowest BCUT2D eigenvalue weighted by Gasteiger charge is -2.03. The molecule has 1 aromatic carbocycles. The number of aryl methyl sites for hydroxylation is 2. The number of pyridine rings is 1. The van der Waals surface area contributed by atoms with Gasteiger partial charge in [0.25, 0.3) is 0 Å². The maximum atomic E-state index is 5.13. The van der Waals surface area contributed by atoms with Crippen LogP contribution in [0.1, 0.15) is 17.7 Å². The highest BCUT2D eigenvalue weighted by atomic mass is 16.5. The van der Waals surface area contributed by atoms with E-state index in [2.05, 4.69) is 23.2 Å². The molecular weight excluding hydrogens is 210 g/mol. The number of ether oxygens (including phenoxy) is 1. The van der Waals surface area contributed by atoms with Crippen molar-refractivity contribution < 1.29 is 4.74 Å². The predicted octanol–water partition coefficient (Wildman–Crippen LogP) is 3.27. The van der Waals surface area contributed by atoms with E-state index in [-0.39, 0.29) is 0 Å². The second-order valence-corrected chi connectivity index (χ2v) is 4.02. The summed E-state index contributed by atoms with van der Waals surface area (Å²) in [5.74, 6) is 0.915. The van der Waals surface area contributed by atoms with Gasteiger partial charge in [0.15, 0.2) is 0 Å². The van der Waals surface area contributed by atoms with Gasteiger partial charge in [-0.05, 0) is 49.1 Å². The molecule has 2 heteroatoms. The first-order valence-electron chi connectivity index (χ1n) is 5.91. The summed E-state index contributed by atoms with van der Waals surface area (Å²) in [6.07, 6.45) is 5.10. The van der Waals surface area contributed by atoms with Gasteiger partial charge in [0.05, 0.1) is 7.11 Å². The van der Waals surface area contributed by atoms with Gasteiger partial charge < -0.3 is 4.74 Å². The fraction of sp³-hybridized carbons (Fsp3) is 0.267. The Morgan fingerprint density at radius 2 is 1.82 bits per heavy atom. The summed E-state index contributed by atoms with van der Waals surface area (Å²) in [6, 6.07) is 14.3. The van der Waals surface area contributed by atoms with Crippen LogP contribution in [0.2, 0.25) is 0 Å². The molecule has 1 aromatic heterocycles. The zero-order chi connectivity index (χ0) is 11.9. The minimum absolute atomic E-state index is 0.915. The summed E-state index contributed by atoms with van der Waals surface area (Å²) in [5, 5.41) is 0. The number of hydrogen-bond acceptors (Lipinski definition) is 2. The van der Waals surface area contributed by atoms with E-state index in [1.165, 1.54) is 11.3 Å². The zero-order valence-electron chi connectivity index (χ0n) is 10.1. The summed E-state index contributed by atoms with van der Waals surface area (Å²) >= 11 is 0. The van der Waals surface area contributed by atoms with E-state index in [0.29, 0.717) is 0 Å². The van der Waals surface area contributed by atoms with Crippen LogP contribution in [0.15, 0.2) is 48.7 Å². The highest BCUT2D eigenvalue weighted by Crippen LogP contribution is 2.13. The monoisotopic (exact) mass is 227 g/mol. The lowest BCUT2D eigenvalue weighted by Crippen LogP contribution is -1.92. The largest absolute Gasteiger partial charge is 0.497 e. The Balaban J connectivity index is 1.82. The molecule has 0 saturated carbocycles. The molecule has 0 bridgehead atoms. The van der Waals surface area contributed by atoms with Crippen molar-refractivity contribution in [1.29, 1.82) is 0 Å². The molecule has 0 N–H and O–H groups in total. The maximum Gasteiger partial charge on any atom is 0.118 e. The van der Waals surface area contributed by atoms with Crippen LogP contribution >= 0.6 is 0 Å². The van der Waals surface area contributed by atoms with Crippen LogP contribution in [-0.2, 0) is 12.8 Å². The first-order valence-corrected chi connectivity index (χ1v) is 5.91. The van der Waals surface area contributed by atoms with Crippen molar-refractivity contribution in [3.8, 4) is 5.75 Å². The molecule has 0 aliphatic carbocycles. The van der Waals surface area contributed by atoms with E-state index in [0.717, 1.165) is 25.0 Å². The average molecular weight is 227 g/mol. The van der Waals surface area contributed by atoms with Gasteiger partial charge in [-0.1, -0.05) is 18.2 Å². The van der Waals surface area contributed by atoms with Gasteiger partial charge in [-0.2, -0.15) is 0 Å². The molecule has 0 amide bonds. The van der Waals surface area contributed by atoms with Crippen LogP contribution in [-0.4, -0.2) is 12.1 Å². The van der Waals surface area contributed by atoms with Crippen molar-refractivity contribution in [1.82, 2.24) is 4.98 Å². The topological polar surface area (TPSA) is 22.1 Å². The molecule has 0 radical (unpaired) electrons. The predicted molar refractivity (Wildman–Crippen MR) is 69.3 cm³/mol. The van der Waals surface area contributed by atoms with Gasteiger partial charge in [0, 0.05) is 11.9 Å². The lowest BCUT2D eigenvalue weighted by molar-refractivity contribution is 0.414. The second-order valence-electron chi connectivity index (χ2n) is 4.02. The second kappa shape index (κ2) is 6.04. The van der Waals surface area contributed by atoms with Crippen molar-refractivity contribution in [2.75, 3.05) is 7.11 Å². The quantitative estimate of drug-likeness (QED) is 0.782. The molecule has 0 saturated heterocycles. The highest BCUT2D eigenvalue weighted by Gasteiger charge is 1.97. The van der Waals surface area contributed by atoms with Crippen LogP contribution < -0.4 is 4.74 Å².